The Balaban J connectivity index is 2.14. The van der Waals surface area contributed by atoms with Gasteiger partial charge in [0.2, 0.25) is 0 Å². The van der Waals surface area contributed by atoms with Gasteiger partial charge in [0.1, 0.15) is 0 Å². The zero-order valence-electron chi connectivity index (χ0n) is 10.8. The molecule has 0 heterocycles. The van der Waals surface area contributed by atoms with E-state index in [4.69, 9.17) is 9.84 Å². The third-order valence-corrected chi connectivity index (χ3v) is 3.47. The first-order valence-corrected chi connectivity index (χ1v) is 6.29. The Morgan fingerprint density at radius 1 is 1.26 bits per heavy atom. The van der Waals surface area contributed by atoms with Gasteiger partial charge < -0.3 is 15.2 Å². The number of ether oxygens (including phenoxy) is 1. The van der Waals surface area contributed by atoms with Crippen LogP contribution in [0, 0.1) is 0 Å². The lowest BCUT2D eigenvalue weighted by molar-refractivity contribution is 0.0677. The molecule has 1 amide bonds. The monoisotopic (exact) mass is 263 g/mol. The minimum atomic E-state index is -1.10. The summed E-state index contributed by atoms with van der Waals surface area (Å²) < 4.78 is 5.31. The molecule has 0 bridgehead atoms. The molecule has 2 unspecified atom stereocenters. The Morgan fingerprint density at radius 3 is 2.58 bits per heavy atom. The molecule has 1 saturated carbocycles. The molecule has 5 heteroatoms. The fourth-order valence-electron chi connectivity index (χ4n) is 2.49. The molecule has 1 aromatic rings. The molecule has 0 aromatic heterocycles. The molecule has 2 N–H and O–H groups in total. The number of carboxylic acid groups (broad SMARTS) is 1. The number of rotatable bonds is 4. The molecule has 0 radical (unpaired) electrons. The average molecular weight is 263 g/mol. The highest BCUT2D eigenvalue weighted by Crippen LogP contribution is 2.22. The first kappa shape index (κ1) is 13.5. The molecule has 0 saturated heterocycles. The van der Waals surface area contributed by atoms with E-state index < -0.39 is 5.97 Å². The van der Waals surface area contributed by atoms with Gasteiger partial charge in [-0.2, -0.15) is 0 Å². The number of nitrogens with one attached hydrogen (secondary N) is 1. The van der Waals surface area contributed by atoms with Gasteiger partial charge >= 0.3 is 5.97 Å². The summed E-state index contributed by atoms with van der Waals surface area (Å²) in [6.45, 7) is 0. The Labute approximate surface area is 111 Å². The van der Waals surface area contributed by atoms with E-state index in [0.29, 0.717) is 0 Å². The lowest BCUT2D eigenvalue weighted by Gasteiger charge is -2.20. The van der Waals surface area contributed by atoms with Crippen molar-refractivity contribution in [2.24, 2.45) is 0 Å². The second-order valence-corrected chi connectivity index (χ2v) is 4.64. The van der Waals surface area contributed by atoms with Gasteiger partial charge in [-0.25, -0.2) is 4.79 Å². The van der Waals surface area contributed by atoms with Crippen molar-refractivity contribution < 1.29 is 19.4 Å². The van der Waals surface area contributed by atoms with E-state index in [2.05, 4.69) is 5.32 Å². The Morgan fingerprint density at radius 2 is 1.95 bits per heavy atom. The van der Waals surface area contributed by atoms with Crippen molar-refractivity contribution in [2.45, 2.75) is 31.4 Å². The van der Waals surface area contributed by atoms with Crippen LogP contribution in [0.3, 0.4) is 0 Å². The predicted molar refractivity (Wildman–Crippen MR) is 69.3 cm³/mol. The summed E-state index contributed by atoms with van der Waals surface area (Å²) in [6, 6.07) is 6.17. The summed E-state index contributed by atoms with van der Waals surface area (Å²) in [6.07, 6.45) is 2.80. The van der Waals surface area contributed by atoms with Crippen LogP contribution in [-0.4, -0.2) is 36.2 Å². The Bertz CT molecular complexity index is 486. The van der Waals surface area contributed by atoms with E-state index in [1.54, 1.807) is 19.2 Å². The van der Waals surface area contributed by atoms with Crippen LogP contribution in [0.2, 0.25) is 0 Å². The summed E-state index contributed by atoms with van der Waals surface area (Å²) in [4.78, 5) is 23.2. The number of hydrogen-bond acceptors (Lipinski definition) is 3. The number of benzene rings is 1. The number of carbonyl (C=O) groups excluding carboxylic acids is 1. The molecule has 102 valence electrons. The largest absolute Gasteiger partial charge is 0.478 e. The minimum Gasteiger partial charge on any atom is -0.478 e. The van der Waals surface area contributed by atoms with Gasteiger partial charge in [-0.1, -0.05) is 12.1 Å². The quantitative estimate of drug-likeness (QED) is 0.866. The molecule has 0 aliphatic heterocycles. The molecule has 1 aliphatic rings. The van der Waals surface area contributed by atoms with E-state index in [1.165, 1.54) is 12.1 Å². The molecular weight excluding hydrogens is 246 g/mol. The Kier molecular flexibility index (Phi) is 4.16. The number of hydrogen-bond donors (Lipinski definition) is 2. The van der Waals surface area contributed by atoms with Crippen molar-refractivity contribution in [3.8, 4) is 0 Å². The lowest BCUT2D eigenvalue weighted by Crippen LogP contribution is -2.41. The zero-order chi connectivity index (χ0) is 13.8. The molecule has 19 heavy (non-hydrogen) atoms. The van der Waals surface area contributed by atoms with Crippen molar-refractivity contribution >= 4 is 11.9 Å². The SMILES string of the molecule is COC1CCCC1NC(=O)c1ccccc1C(=O)O. The molecule has 1 aliphatic carbocycles. The topological polar surface area (TPSA) is 75.6 Å². The summed E-state index contributed by atoms with van der Waals surface area (Å²) in [5, 5.41) is 11.9. The van der Waals surface area contributed by atoms with Crippen LogP contribution in [0.4, 0.5) is 0 Å². The highest BCUT2D eigenvalue weighted by molar-refractivity contribution is 6.04. The number of carbonyl (C=O) groups is 2. The van der Waals surface area contributed by atoms with Gasteiger partial charge in [0.05, 0.1) is 23.3 Å². The van der Waals surface area contributed by atoms with Crippen molar-refractivity contribution in [2.75, 3.05) is 7.11 Å². The number of carboxylic acids is 1. The maximum Gasteiger partial charge on any atom is 0.336 e. The van der Waals surface area contributed by atoms with Gasteiger partial charge in [-0.3, -0.25) is 4.79 Å². The smallest absolute Gasteiger partial charge is 0.336 e. The summed E-state index contributed by atoms with van der Waals surface area (Å²) >= 11 is 0. The van der Waals surface area contributed by atoms with Crippen molar-refractivity contribution in [1.82, 2.24) is 5.32 Å². The fourth-order valence-corrected chi connectivity index (χ4v) is 2.49. The van der Waals surface area contributed by atoms with E-state index >= 15 is 0 Å². The van der Waals surface area contributed by atoms with Gasteiger partial charge in [-0.15, -0.1) is 0 Å². The molecule has 1 fully saturated rings. The number of methoxy groups -OCH3 is 1. The second-order valence-electron chi connectivity index (χ2n) is 4.64. The van der Waals surface area contributed by atoms with Gasteiger partial charge in [0, 0.05) is 7.11 Å². The fraction of sp³-hybridized carbons (Fsp3) is 0.429. The van der Waals surface area contributed by atoms with Gasteiger partial charge in [-0.05, 0) is 31.4 Å². The average Bonchev–Trinajstić information content (AvgIpc) is 2.85. The minimum absolute atomic E-state index is 0.0148. The zero-order valence-corrected chi connectivity index (χ0v) is 10.8. The number of amides is 1. The molecule has 1 aromatic carbocycles. The molecular formula is C14H17NO4. The Hall–Kier alpha value is -1.88. The summed E-state index contributed by atoms with van der Waals surface area (Å²) in [5.41, 5.74) is 0.212. The predicted octanol–water partition coefficient (Wildman–Crippen LogP) is 1.68. The van der Waals surface area contributed by atoms with Crippen LogP contribution >= 0.6 is 0 Å². The first-order valence-electron chi connectivity index (χ1n) is 6.29. The van der Waals surface area contributed by atoms with Crippen LogP contribution in [-0.2, 0) is 4.74 Å². The second kappa shape index (κ2) is 5.84. The van der Waals surface area contributed by atoms with Gasteiger partial charge in [0.25, 0.3) is 5.91 Å². The lowest BCUT2D eigenvalue weighted by atomic mass is 10.1. The van der Waals surface area contributed by atoms with E-state index in [-0.39, 0.29) is 29.2 Å². The molecule has 0 spiro atoms. The van der Waals surface area contributed by atoms with Crippen LogP contribution in [0.15, 0.2) is 24.3 Å². The highest BCUT2D eigenvalue weighted by Gasteiger charge is 2.29. The normalized spacial score (nSPS) is 22.2. The maximum absolute atomic E-state index is 12.2. The van der Waals surface area contributed by atoms with Crippen molar-refractivity contribution in [3.05, 3.63) is 35.4 Å². The summed E-state index contributed by atoms with van der Waals surface area (Å²) in [7, 11) is 1.63. The highest BCUT2D eigenvalue weighted by atomic mass is 16.5. The van der Waals surface area contributed by atoms with Crippen LogP contribution in [0.5, 0.6) is 0 Å². The summed E-state index contributed by atoms with van der Waals surface area (Å²) in [5.74, 6) is -1.45. The molecule has 2 rings (SSSR count). The van der Waals surface area contributed by atoms with Crippen molar-refractivity contribution in [1.29, 1.82) is 0 Å². The third kappa shape index (κ3) is 2.93. The maximum atomic E-state index is 12.2. The van der Waals surface area contributed by atoms with Crippen LogP contribution < -0.4 is 5.32 Å². The molecule has 2 atom stereocenters. The van der Waals surface area contributed by atoms with E-state index in [9.17, 15) is 9.59 Å². The third-order valence-electron chi connectivity index (χ3n) is 3.47. The van der Waals surface area contributed by atoms with E-state index in [0.717, 1.165) is 19.3 Å². The number of aromatic carboxylic acids is 1. The molecule has 5 nitrogen and oxygen atoms in total. The van der Waals surface area contributed by atoms with Crippen molar-refractivity contribution in [3.63, 3.8) is 0 Å². The van der Waals surface area contributed by atoms with Crippen LogP contribution in [0.1, 0.15) is 40.0 Å². The van der Waals surface area contributed by atoms with E-state index in [1.807, 2.05) is 0 Å². The van der Waals surface area contributed by atoms with Gasteiger partial charge in [0.15, 0.2) is 0 Å². The van der Waals surface area contributed by atoms with Crippen LogP contribution in [0.25, 0.3) is 0 Å². The standard InChI is InChI=1S/C14H17NO4/c1-19-12-8-4-7-11(12)15-13(16)9-5-2-3-6-10(9)14(17)18/h2-3,5-6,11-12H,4,7-8H2,1H3,(H,15,16)(H,17,18). The first-order chi connectivity index (χ1) is 9.13.